The van der Waals surface area contributed by atoms with Gasteiger partial charge in [0.05, 0.1) is 5.41 Å². The Kier molecular flexibility index (Phi) is 2.53. The summed E-state index contributed by atoms with van der Waals surface area (Å²) in [6.07, 6.45) is 1.30. The molecule has 1 saturated carbocycles. The molecule has 0 heterocycles. The van der Waals surface area contributed by atoms with Crippen LogP contribution in [-0.4, -0.2) is 11.1 Å². The molecule has 0 saturated heterocycles. The van der Waals surface area contributed by atoms with Gasteiger partial charge in [-0.3, -0.25) is 4.79 Å². The van der Waals surface area contributed by atoms with Crippen molar-refractivity contribution in [1.82, 2.24) is 0 Å². The molecule has 1 aromatic rings. The number of hydrogen-bond acceptors (Lipinski definition) is 1. The van der Waals surface area contributed by atoms with Crippen LogP contribution in [0, 0.1) is 6.92 Å². The van der Waals surface area contributed by atoms with E-state index in [9.17, 15) is 14.3 Å². The number of carbonyl (C=O) groups is 1. The zero-order chi connectivity index (χ0) is 12.8. The van der Waals surface area contributed by atoms with Crippen LogP contribution in [0.4, 0.5) is 4.39 Å². The van der Waals surface area contributed by atoms with Gasteiger partial charge in [0.1, 0.15) is 5.67 Å². The van der Waals surface area contributed by atoms with Gasteiger partial charge in [0, 0.05) is 0 Å². The Morgan fingerprint density at radius 2 is 2.00 bits per heavy atom. The van der Waals surface area contributed by atoms with E-state index in [1.165, 1.54) is 13.8 Å². The standard InChI is InChI=1S/C14H17FO2/c1-9-4-5-10(13(2,3)15)8-11(9)14(6-7-14)12(16)17/h4-5,8H,6-7H2,1-3H3,(H,16,17). The highest BCUT2D eigenvalue weighted by atomic mass is 19.1. The van der Waals surface area contributed by atoms with Crippen LogP contribution < -0.4 is 0 Å². The molecule has 1 aliphatic rings. The molecule has 0 radical (unpaired) electrons. The lowest BCUT2D eigenvalue weighted by atomic mass is 9.87. The number of carboxylic acids is 1. The minimum atomic E-state index is -1.43. The molecule has 1 fully saturated rings. The third-order valence-corrected chi connectivity index (χ3v) is 3.60. The van der Waals surface area contributed by atoms with E-state index in [-0.39, 0.29) is 0 Å². The van der Waals surface area contributed by atoms with Gasteiger partial charge < -0.3 is 5.11 Å². The van der Waals surface area contributed by atoms with Crippen LogP contribution in [0.15, 0.2) is 18.2 Å². The van der Waals surface area contributed by atoms with E-state index < -0.39 is 17.1 Å². The fraction of sp³-hybridized carbons (Fsp3) is 0.500. The molecule has 92 valence electrons. The number of hydrogen-bond donors (Lipinski definition) is 1. The Bertz CT molecular complexity index is 468. The van der Waals surface area contributed by atoms with Gasteiger partial charge in [-0.05, 0) is 50.3 Å². The molecule has 0 atom stereocenters. The van der Waals surface area contributed by atoms with Crippen LogP contribution in [-0.2, 0) is 15.9 Å². The van der Waals surface area contributed by atoms with Crippen molar-refractivity contribution >= 4 is 5.97 Å². The summed E-state index contributed by atoms with van der Waals surface area (Å²) in [6.45, 7) is 4.86. The number of aryl methyl sites for hydroxylation is 1. The van der Waals surface area contributed by atoms with Crippen LogP contribution in [0.3, 0.4) is 0 Å². The number of carboxylic acid groups (broad SMARTS) is 1. The third kappa shape index (κ3) is 1.94. The van der Waals surface area contributed by atoms with Crippen molar-refractivity contribution in [1.29, 1.82) is 0 Å². The van der Waals surface area contributed by atoms with Crippen molar-refractivity contribution in [2.24, 2.45) is 0 Å². The van der Waals surface area contributed by atoms with E-state index in [1.54, 1.807) is 12.1 Å². The third-order valence-electron chi connectivity index (χ3n) is 3.60. The average Bonchev–Trinajstić information content (AvgIpc) is 2.97. The second-order valence-corrected chi connectivity index (χ2v) is 5.39. The summed E-state index contributed by atoms with van der Waals surface area (Å²) >= 11 is 0. The van der Waals surface area contributed by atoms with Gasteiger partial charge in [0.15, 0.2) is 0 Å². The molecule has 1 aliphatic carbocycles. The fourth-order valence-corrected chi connectivity index (χ4v) is 2.23. The normalized spacial score (nSPS) is 17.9. The summed E-state index contributed by atoms with van der Waals surface area (Å²) < 4.78 is 13.9. The van der Waals surface area contributed by atoms with Gasteiger partial charge in [-0.15, -0.1) is 0 Å². The Labute approximate surface area is 100 Å². The number of halogens is 1. The zero-order valence-corrected chi connectivity index (χ0v) is 10.4. The molecule has 1 aromatic carbocycles. The molecule has 17 heavy (non-hydrogen) atoms. The molecule has 3 heteroatoms. The van der Waals surface area contributed by atoms with Crippen molar-refractivity contribution in [3.63, 3.8) is 0 Å². The Balaban J connectivity index is 2.51. The first-order chi connectivity index (χ1) is 7.77. The highest BCUT2D eigenvalue weighted by Crippen LogP contribution is 2.50. The first kappa shape index (κ1) is 12.1. The van der Waals surface area contributed by atoms with Gasteiger partial charge in [-0.25, -0.2) is 4.39 Å². The van der Waals surface area contributed by atoms with Gasteiger partial charge in [0.2, 0.25) is 0 Å². The topological polar surface area (TPSA) is 37.3 Å². The number of alkyl halides is 1. The summed E-state index contributed by atoms with van der Waals surface area (Å²) in [5.74, 6) is -0.797. The maximum atomic E-state index is 13.9. The number of aliphatic carboxylic acids is 1. The van der Waals surface area contributed by atoms with Crippen molar-refractivity contribution in [3.8, 4) is 0 Å². The van der Waals surface area contributed by atoms with Crippen LogP contribution in [0.2, 0.25) is 0 Å². The molecule has 0 bridgehead atoms. The van der Waals surface area contributed by atoms with Crippen LogP contribution in [0.25, 0.3) is 0 Å². The van der Waals surface area contributed by atoms with Gasteiger partial charge in [-0.2, -0.15) is 0 Å². The van der Waals surface area contributed by atoms with Crippen LogP contribution >= 0.6 is 0 Å². The fourth-order valence-electron chi connectivity index (χ4n) is 2.23. The Hall–Kier alpha value is -1.38. The molecule has 0 aliphatic heterocycles. The quantitative estimate of drug-likeness (QED) is 0.874. The second-order valence-electron chi connectivity index (χ2n) is 5.39. The molecule has 2 nitrogen and oxygen atoms in total. The van der Waals surface area contributed by atoms with Crippen LogP contribution in [0.5, 0.6) is 0 Å². The summed E-state index contributed by atoms with van der Waals surface area (Å²) in [4.78, 5) is 11.3. The maximum Gasteiger partial charge on any atom is 0.314 e. The second kappa shape index (κ2) is 3.56. The van der Waals surface area contributed by atoms with Crippen molar-refractivity contribution < 1.29 is 14.3 Å². The van der Waals surface area contributed by atoms with E-state index in [0.717, 1.165) is 11.1 Å². The average molecular weight is 236 g/mol. The lowest BCUT2D eigenvalue weighted by molar-refractivity contribution is -0.140. The minimum Gasteiger partial charge on any atom is -0.481 e. The van der Waals surface area contributed by atoms with Crippen molar-refractivity contribution in [2.75, 3.05) is 0 Å². The zero-order valence-electron chi connectivity index (χ0n) is 10.4. The highest BCUT2D eigenvalue weighted by Gasteiger charge is 2.52. The predicted molar refractivity (Wildman–Crippen MR) is 63.9 cm³/mol. The lowest BCUT2D eigenvalue weighted by Crippen LogP contribution is -2.22. The molecule has 0 amide bonds. The minimum absolute atomic E-state index is 0.547. The summed E-state index contributed by atoms with van der Waals surface area (Å²) in [6, 6.07) is 5.27. The first-order valence-electron chi connectivity index (χ1n) is 5.81. The Morgan fingerprint density at radius 3 is 2.41 bits per heavy atom. The van der Waals surface area contributed by atoms with Crippen molar-refractivity contribution in [3.05, 3.63) is 34.9 Å². The molecule has 2 rings (SSSR count). The molecule has 0 aromatic heterocycles. The van der Waals surface area contributed by atoms with E-state index in [4.69, 9.17) is 0 Å². The molecule has 1 N–H and O–H groups in total. The largest absolute Gasteiger partial charge is 0.481 e. The van der Waals surface area contributed by atoms with Crippen LogP contribution in [0.1, 0.15) is 43.4 Å². The SMILES string of the molecule is Cc1ccc(C(C)(C)F)cc1C1(C(=O)O)CC1. The number of rotatable bonds is 3. The molecule has 0 spiro atoms. The predicted octanol–water partition coefficient (Wildman–Crippen LogP) is 3.32. The van der Waals surface area contributed by atoms with Crippen molar-refractivity contribution in [2.45, 2.75) is 44.7 Å². The van der Waals surface area contributed by atoms with Gasteiger partial charge in [0.25, 0.3) is 0 Å². The van der Waals surface area contributed by atoms with E-state index in [2.05, 4.69) is 0 Å². The van der Waals surface area contributed by atoms with Gasteiger partial charge >= 0.3 is 5.97 Å². The number of benzene rings is 1. The lowest BCUT2D eigenvalue weighted by Gasteiger charge is -2.20. The first-order valence-corrected chi connectivity index (χ1v) is 5.81. The molecular weight excluding hydrogens is 219 g/mol. The van der Waals surface area contributed by atoms with E-state index in [1.807, 2.05) is 13.0 Å². The summed E-state index contributed by atoms with van der Waals surface area (Å²) in [7, 11) is 0. The molecule has 0 unspecified atom stereocenters. The molecular formula is C14H17FO2. The monoisotopic (exact) mass is 236 g/mol. The summed E-state index contributed by atoms with van der Waals surface area (Å²) in [5, 5.41) is 9.28. The smallest absolute Gasteiger partial charge is 0.314 e. The highest BCUT2D eigenvalue weighted by molar-refractivity contribution is 5.85. The van der Waals surface area contributed by atoms with Gasteiger partial charge in [-0.1, -0.05) is 18.2 Å². The maximum absolute atomic E-state index is 13.9. The summed E-state index contributed by atoms with van der Waals surface area (Å²) in [5.41, 5.74) is 0.0549. The Morgan fingerprint density at radius 1 is 1.41 bits per heavy atom. The van der Waals surface area contributed by atoms with E-state index in [0.29, 0.717) is 18.4 Å². The van der Waals surface area contributed by atoms with E-state index >= 15 is 0 Å².